The lowest BCUT2D eigenvalue weighted by Gasteiger charge is -2.02. The summed E-state index contributed by atoms with van der Waals surface area (Å²) >= 11 is 0. The number of carboxylic acid groups (broad SMARTS) is 2. The molecule has 2 aromatic carbocycles. The van der Waals surface area contributed by atoms with Crippen LogP contribution < -0.4 is 0 Å². The highest BCUT2D eigenvalue weighted by Crippen LogP contribution is 2.25. The van der Waals surface area contributed by atoms with Crippen LogP contribution in [0.3, 0.4) is 0 Å². The van der Waals surface area contributed by atoms with Gasteiger partial charge in [0.25, 0.3) is 0 Å². The first-order chi connectivity index (χ1) is 11.4. The summed E-state index contributed by atoms with van der Waals surface area (Å²) < 4.78 is 0. The van der Waals surface area contributed by atoms with Crippen LogP contribution in [0.2, 0.25) is 0 Å². The zero-order valence-corrected chi connectivity index (χ0v) is 12.5. The molecule has 0 aliphatic heterocycles. The Hall–Kier alpha value is -3.19. The van der Waals surface area contributed by atoms with Crippen LogP contribution in [0.5, 0.6) is 5.75 Å². The number of hydrogen-bond acceptors (Lipinski definition) is 5. The number of nitrogens with zero attached hydrogens (tertiary/aromatic N) is 1. The topological polar surface area (TPSA) is 128 Å². The molecule has 0 aliphatic rings. The van der Waals surface area contributed by atoms with Gasteiger partial charge in [-0.1, -0.05) is 24.3 Å². The van der Waals surface area contributed by atoms with Crippen LogP contribution >= 0.6 is 0 Å². The largest absolute Gasteiger partial charge is 0.508 e. The summed E-state index contributed by atoms with van der Waals surface area (Å²) in [5.41, 5.74) is 0.909. The van der Waals surface area contributed by atoms with Gasteiger partial charge in [-0.15, -0.1) is 0 Å². The number of benzene rings is 2. The summed E-state index contributed by atoms with van der Waals surface area (Å²) in [7, 11) is 0. The number of hydrogen-bond donors (Lipinski definition) is 4. The van der Waals surface area contributed by atoms with Crippen molar-refractivity contribution >= 4 is 33.6 Å². The van der Waals surface area contributed by atoms with E-state index in [9.17, 15) is 14.7 Å². The van der Waals surface area contributed by atoms with E-state index >= 15 is 0 Å². The number of aliphatic hydroxyl groups excluding tert-OH is 1. The lowest BCUT2D eigenvalue weighted by molar-refractivity contribution is -0.152. The van der Waals surface area contributed by atoms with Crippen molar-refractivity contribution in [2.75, 3.05) is 0 Å². The molecule has 24 heavy (non-hydrogen) atoms. The fourth-order valence-electron chi connectivity index (χ4n) is 2.10. The smallest absolute Gasteiger partial charge is 0.333 e. The molecule has 0 unspecified atom stereocenters. The van der Waals surface area contributed by atoms with Crippen molar-refractivity contribution in [3.05, 3.63) is 48.7 Å². The minimum atomic E-state index is -1.79. The number of phenolic OH excluding ortho intramolecular Hbond substituents is 1. The number of rotatable bonds is 3. The molecule has 7 heteroatoms. The lowest BCUT2D eigenvalue weighted by atomic mass is 10.1. The van der Waals surface area contributed by atoms with Crippen LogP contribution in [0, 0.1) is 0 Å². The molecule has 1 atom stereocenters. The first-order valence-corrected chi connectivity index (χ1v) is 6.97. The molecule has 3 aromatic rings. The van der Waals surface area contributed by atoms with Crippen molar-refractivity contribution in [2.45, 2.75) is 12.5 Å². The number of pyridine rings is 1. The third kappa shape index (κ3) is 4.17. The van der Waals surface area contributed by atoms with Gasteiger partial charge in [-0.2, -0.15) is 0 Å². The van der Waals surface area contributed by atoms with Crippen molar-refractivity contribution in [2.24, 2.45) is 0 Å². The van der Waals surface area contributed by atoms with E-state index in [2.05, 4.69) is 4.98 Å². The number of aromatic nitrogens is 1. The molecule has 0 amide bonds. The zero-order chi connectivity index (χ0) is 17.7. The predicted molar refractivity (Wildman–Crippen MR) is 86.8 cm³/mol. The Kier molecular flexibility index (Phi) is 5.28. The molecule has 124 valence electrons. The molecule has 1 heterocycles. The summed E-state index contributed by atoms with van der Waals surface area (Å²) in [5, 5.41) is 36.8. The summed E-state index contributed by atoms with van der Waals surface area (Å²) in [6.45, 7) is 0. The van der Waals surface area contributed by atoms with Gasteiger partial charge in [0.05, 0.1) is 11.9 Å². The monoisotopic (exact) mass is 329 g/mol. The Morgan fingerprint density at radius 2 is 1.75 bits per heavy atom. The highest BCUT2D eigenvalue weighted by molar-refractivity contribution is 6.05. The number of aliphatic hydroxyl groups is 1. The quantitative estimate of drug-likeness (QED) is 0.541. The summed E-state index contributed by atoms with van der Waals surface area (Å²) in [4.78, 5) is 23.8. The van der Waals surface area contributed by atoms with Crippen LogP contribution in [0.4, 0.5) is 0 Å². The molecular formula is C17H15NO6. The molecule has 4 N–H and O–H groups in total. The molecule has 0 radical (unpaired) electrons. The van der Waals surface area contributed by atoms with E-state index in [1.165, 1.54) is 0 Å². The Morgan fingerprint density at radius 1 is 1.04 bits per heavy atom. The summed E-state index contributed by atoms with van der Waals surface area (Å²) in [6.07, 6.45) is -0.688. The molecule has 0 fully saturated rings. The Balaban J connectivity index is 0.000000202. The molecule has 1 aromatic heterocycles. The highest BCUT2D eigenvalue weighted by atomic mass is 16.4. The molecule has 0 saturated heterocycles. The van der Waals surface area contributed by atoms with Crippen molar-refractivity contribution in [1.82, 2.24) is 4.98 Å². The summed E-state index contributed by atoms with van der Waals surface area (Å²) in [6, 6.07) is 13.3. The molecule has 3 rings (SSSR count). The third-order valence-electron chi connectivity index (χ3n) is 3.23. The second kappa shape index (κ2) is 7.38. The third-order valence-corrected chi connectivity index (χ3v) is 3.23. The lowest BCUT2D eigenvalue weighted by Crippen LogP contribution is -2.22. The van der Waals surface area contributed by atoms with E-state index in [0.717, 1.165) is 21.7 Å². The van der Waals surface area contributed by atoms with E-state index in [-0.39, 0.29) is 5.75 Å². The second-order valence-corrected chi connectivity index (χ2v) is 5.00. The Labute approximate surface area is 136 Å². The fourth-order valence-corrected chi connectivity index (χ4v) is 2.10. The Bertz CT molecular complexity index is 893. The molecule has 7 nitrogen and oxygen atoms in total. The van der Waals surface area contributed by atoms with Crippen LogP contribution in [0.15, 0.2) is 48.7 Å². The average Bonchev–Trinajstić information content (AvgIpc) is 2.54. The number of aliphatic carboxylic acids is 2. The van der Waals surface area contributed by atoms with Crippen molar-refractivity contribution in [3.8, 4) is 5.75 Å². The molecule has 0 spiro atoms. The van der Waals surface area contributed by atoms with Crippen LogP contribution in [0.1, 0.15) is 6.42 Å². The average molecular weight is 329 g/mol. The van der Waals surface area contributed by atoms with Gasteiger partial charge in [-0.25, -0.2) is 4.79 Å². The minimum absolute atomic E-state index is 0.278. The van der Waals surface area contributed by atoms with Gasteiger partial charge < -0.3 is 20.4 Å². The van der Waals surface area contributed by atoms with Gasteiger partial charge in [0.2, 0.25) is 0 Å². The first-order valence-electron chi connectivity index (χ1n) is 6.97. The summed E-state index contributed by atoms with van der Waals surface area (Å²) in [5.74, 6) is -2.57. The number of aromatic hydroxyl groups is 1. The van der Waals surface area contributed by atoms with Gasteiger partial charge in [0.15, 0.2) is 6.10 Å². The normalized spacial score (nSPS) is 11.5. The van der Waals surface area contributed by atoms with Gasteiger partial charge in [0.1, 0.15) is 5.75 Å². The number of fused-ring (bicyclic) bond motifs is 3. The van der Waals surface area contributed by atoms with Crippen LogP contribution in [-0.4, -0.2) is 43.5 Å². The van der Waals surface area contributed by atoms with Crippen molar-refractivity contribution < 1.29 is 30.0 Å². The van der Waals surface area contributed by atoms with E-state index < -0.39 is 24.5 Å². The minimum Gasteiger partial charge on any atom is -0.508 e. The zero-order valence-electron chi connectivity index (χ0n) is 12.5. The maximum Gasteiger partial charge on any atom is 0.333 e. The second-order valence-electron chi connectivity index (χ2n) is 5.00. The maximum absolute atomic E-state index is 9.72. The molecular weight excluding hydrogens is 314 g/mol. The number of carbonyl (C=O) groups is 2. The first kappa shape index (κ1) is 17.2. The van der Waals surface area contributed by atoms with Crippen LogP contribution in [-0.2, 0) is 9.59 Å². The van der Waals surface area contributed by atoms with Crippen molar-refractivity contribution in [3.63, 3.8) is 0 Å². The number of phenols is 1. The van der Waals surface area contributed by atoms with Gasteiger partial charge in [0, 0.05) is 17.0 Å². The maximum atomic E-state index is 9.72. The molecule has 0 aliphatic carbocycles. The van der Waals surface area contributed by atoms with E-state index in [1.54, 1.807) is 12.1 Å². The highest BCUT2D eigenvalue weighted by Gasteiger charge is 2.16. The number of carboxylic acids is 2. The van der Waals surface area contributed by atoms with E-state index in [1.807, 2.05) is 36.5 Å². The van der Waals surface area contributed by atoms with Crippen LogP contribution in [0.25, 0.3) is 21.7 Å². The fraction of sp³-hybridized carbons (Fsp3) is 0.118. The van der Waals surface area contributed by atoms with Crippen molar-refractivity contribution in [1.29, 1.82) is 0 Å². The van der Waals surface area contributed by atoms with E-state index in [0.29, 0.717) is 0 Å². The molecule has 0 saturated carbocycles. The van der Waals surface area contributed by atoms with Gasteiger partial charge in [-0.05, 0) is 23.6 Å². The standard InChI is InChI=1S/C13H9NO.C4H6O5/c15-10-5-6-13-12(7-10)11-4-2-1-3-9(11)8-14-13;5-2(4(8)9)1-3(6)7/h1-8,15H;2,5H,1H2,(H,6,7)(H,8,9)/t;2-/m.0/s1. The predicted octanol–water partition coefficient (Wildman–Crippen LogP) is 2.00. The SMILES string of the molecule is O=C(O)C[C@H](O)C(=O)O.Oc1ccc2ncc3ccccc3c2c1. The van der Waals surface area contributed by atoms with Gasteiger partial charge >= 0.3 is 11.9 Å². The molecule has 0 bridgehead atoms. The van der Waals surface area contributed by atoms with Gasteiger partial charge in [-0.3, -0.25) is 9.78 Å². The Morgan fingerprint density at radius 3 is 2.38 bits per heavy atom. The van der Waals surface area contributed by atoms with E-state index in [4.69, 9.17) is 15.3 Å².